The summed E-state index contributed by atoms with van der Waals surface area (Å²) in [5, 5.41) is 7.72. The smallest absolute Gasteiger partial charge is 0.259 e. The van der Waals surface area contributed by atoms with Gasteiger partial charge in [-0.3, -0.25) is 4.79 Å². The molecule has 29 heavy (non-hydrogen) atoms. The van der Waals surface area contributed by atoms with E-state index in [1.54, 1.807) is 19.5 Å². The Morgan fingerprint density at radius 2 is 1.86 bits per heavy atom. The second-order valence-electron chi connectivity index (χ2n) is 6.78. The highest BCUT2D eigenvalue weighted by Gasteiger charge is 2.11. The number of anilines is 4. The molecule has 0 radical (unpaired) electrons. The lowest BCUT2D eigenvalue weighted by Crippen LogP contribution is -2.10. The number of aromatic amines is 1. The molecule has 3 N–H and O–H groups in total. The van der Waals surface area contributed by atoms with Crippen molar-refractivity contribution in [1.29, 1.82) is 0 Å². The van der Waals surface area contributed by atoms with Crippen LogP contribution >= 0.6 is 0 Å². The van der Waals surface area contributed by atoms with Gasteiger partial charge in [0.1, 0.15) is 23.2 Å². The van der Waals surface area contributed by atoms with Gasteiger partial charge in [0.25, 0.3) is 5.56 Å². The number of ether oxygens (including phenoxy) is 1. The molecule has 0 aliphatic rings. The molecule has 1 aromatic carbocycles. The molecule has 0 atom stereocenters. The minimum atomic E-state index is -0.211. The zero-order chi connectivity index (χ0) is 20.4. The Balaban J connectivity index is 1.79. The number of H-pyrrole nitrogens is 1. The predicted molar refractivity (Wildman–Crippen MR) is 116 cm³/mol. The normalized spacial score (nSPS) is 10.7. The van der Waals surface area contributed by atoms with Gasteiger partial charge in [0.2, 0.25) is 0 Å². The fraction of sp³-hybridized carbons (Fsp3) is 0.136. The minimum Gasteiger partial charge on any atom is -0.496 e. The van der Waals surface area contributed by atoms with Crippen molar-refractivity contribution in [2.45, 2.75) is 13.8 Å². The van der Waals surface area contributed by atoms with Crippen LogP contribution in [-0.4, -0.2) is 22.1 Å². The number of aryl methyl sites for hydroxylation is 2. The maximum absolute atomic E-state index is 12.5. The summed E-state index contributed by atoms with van der Waals surface area (Å²) in [7, 11) is 1.63. The van der Waals surface area contributed by atoms with Crippen LogP contribution in [-0.2, 0) is 0 Å². The third kappa shape index (κ3) is 3.89. The van der Waals surface area contributed by atoms with Gasteiger partial charge >= 0.3 is 0 Å². The molecule has 7 heteroatoms. The fourth-order valence-electron chi connectivity index (χ4n) is 3.14. The second kappa shape index (κ2) is 7.63. The summed E-state index contributed by atoms with van der Waals surface area (Å²) < 4.78 is 5.40. The van der Waals surface area contributed by atoms with Gasteiger partial charge in [-0.25, -0.2) is 9.97 Å². The van der Waals surface area contributed by atoms with Gasteiger partial charge in [-0.2, -0.15) is 0 Å². The molecule has 4 aromatic rings. The number of hydrogen-bond donors (Lipinski definition) is 3. The number of hydrogen-bond acceptors (Lipinski definition) is 6. The monoisotopic (exact) mass is 387 g/mol. The molecular formula is C22H21N5O2. The molecule has 0 unspecified atom stereocenters. The summed E-state index contributed by atoms with van der Waals surface area (Å²) in [6.45, 7) is 3.97. The van der Waals surface area contributed by atoms with Crippen molar-refractivity contribution in [2.75, 3.05) is 17.7 Å². The molecule has 146 valence electrons. The van der Waals surface area contributed by atoms with Crippen molar-refractivity contribution in [3.8, 4) is 5.75 Å². The van der Waals surface area contributed by atoms with Crippen LogP contribution in [0, 0.1) is 13.8 Å². The SMILES string of the molecule is COc1cc(Nc2nc(Nc3cc(C)ccn3)cc3cc[nH]c(=O)c23)ccc1C. The lowest BCUT2D eigenvalue weighted by atomic mass is 10.1. The topological polar surface area (TPSA) is 91.9 Å². The summed E-state index contributed by atoms with van der Waals surface area (Å²) in [5.74, 6) is 2.48. The Labute approximate surface area is 167 Å². The first-order valence-electron chi connectivity index (χ1n) is 9.17. The lowest BCUT2D eigenvalue weighted by molar-refractivity contribution is 0.412. The van der Waals surface area contributed by atoms with Gasteiger partial charge in [-0.05, 0) is 60.7 Å². The van der Waals surface area contributed by atoms with Crippen molar-refractivity contribution < 1.29 is 4.74 Å². The second-order valence-corrected chi connectivity index (χ2v) is 6.78. The van der Waals surface area contributed by atoms with Crippen molar-refractivity contribution in [3.05, 3.63) is 76.3 Å². The van der Waals surface area contributed by atoms with Crippen LogP contribution in [0.1, 0.15) is 11.1 Å². The molecule has 4 rings (SSSR count). The van der Waals surface area contributed by atoms with Crippen LogP contribution in [0.5, 0.6) is 5.75 Å². The largest absolute Gasteiger partial charge is 0.496 e. The summed E-state index contributed by atoms with van der Waals surface area (Å²) in [4.78, 5) is 24.2. The Hall–Kier alpha value is -3.87. The van der Waals surface area contributed by atoms with Crippen molar-refractivity contribution in [2.24, 2.45) is 0 Å². The van der Waals surface area contributed by atoms with E-state index in [0.717, 1.165) is 28.0 Å². The molecule has 3 heterocycles. The van der Waals surface area contributed by atoms with Crippen LogP contribution in [0.25, 0.3) is 10.8 Å². The summed E-state index contributed by atoms with van der Waals surface area (Å²) >= 11 is 0. The molecule has 0 fully saturated rings. The zero-order valence-electron chi connectivity index (χ0n) is 16.4. The number of benzene rings is 1. The standard InChI is InChI=1S/C22H21N5O2/c1-13-6-8-23-18(10-13)26-19-11-15-7-9-24-22(28)20(15)21(27-19)25-16-5-4-14(2)17(12-16)29-3/h4-12H,1-3H3,(H,24,28)(H2,23,25,26,27). The summed E-state index contributed by atoms with van der Waals surface area (Å²) in [6, 6.07) is 13.3. The Morgan fingerprint density at radius 1 is 1.00 bits per heavy atom. The lowest BCUT2D eigenvalue weighted by Gasteiger charge is -2.13. The van der Waals surface area contributed by atoms with Crippen molar-refractivity contribution in [3.63, 3.8) is 0 Å². The maximum atomic E-state index is 12.5. The quantitative estimate of drug-likeness (QED) is 0.469. The van der Waals surface area contributed by atoms with Crippen molar-refractivity contribution in [1.82, 2.24) is 15.0 Å². The number of pyridine rings is 3. The molecule has 0 saturated carbocycles. The maximum Gasteiger partial charge on any atom is 0.259 e. The zero-order valence-corrected chi connectivity index (χ0v) is 16.4. The average molecular weight is 387 g/mol. The van der Waals surface area contributed by atoms with Crippen LogP contribution in [0.2, 0.25) is 0 Å². The predicted octanol–water partition coefficient (Wildman–Crippen LogP) is 4.43. The molecule has 3 aromatic heterocycles. The number of rotatable bonds is 5. The van der Waals surface area contributed by atoms with E-state index in [9.17, 15) is 4.79 Å². The van der Waals surface area contributed by atoms with Crippen LogP contribution in [0.4, 0.5) is 23.1 Å². The number of methoxy groups -OCH3 is 1. The number of fused-ring (bicyclic) bond motifs is 1. The van der Waals surface area contributed by atoms with Crippen molar-refractivity contribution >= 4 is 33.9 Å². The molecule has 0 spiro atoms. The van der Waals surface area contributed by atoms with E-state index in [2.05, 4.69) is 25.6 Å². The van der Waals surface area contributed by atoms with Gasteiger partial charge in [-0.1, -0.05) is 6.07 Å². The Morgan fingerprint density at radius 3 is 2.66 bits per heavy atom. The van der Waals surface area contributed by atoms with Crippen LogP contribution in [0.15, 0.2) is 59.7 Å². The fourth-order valence-corrected chi connectivity index (χ4v) is 3.14. The molecular weight excluding hydrogens is 366 g/mol. The van der Waals surface area contributed by atoms with Gasteiger partial charge in [-0.15, -0.1) is 0 Å². The molecule has 0 saturated heterocycles. The molecule has 0 amide bonds. The average Bonchev–Trinajstić information content (AvgIpc) is 2.69. The van der Waals surface area contributed by atoms with E-state index in [1.165, 1.54) is 0 Å². The molecule has 0 bridgehead atoms. The van der Waals surface area contributed by atoms with Gasteiger partial charge in [0.15, 0.2) is 0 Å². The van der Waals surface area contributed by atoms with Crippen LogP contribution < -0.4 is 20.9 Å². The first-order chi connectivity index (χ1) is 14.0. The van der Waals surface area contributed by atoms with E-state index >= 15 is 0 Å². The Kier molecular flexibility index (Phi) is 4.87. The highest BCUT2D eigenvalue weighted by molar-refractivity contribution is 5.94. The van der Waals surface area contributed by atoms with E-state index in [-0.39, 0.29) is 5.56 Å². The first-order valence-corrected chi connectivity index (χ1v) is 9.17. The third-order valence-corrected chi connectivity index (χ3v) is 4.60. The van der Waals surface area contributed by atoms with Gasteiger partial charge in [0, 0.05) is 24.1 Å². The highest BCUT2D eigenvalue weighted by atomic mass is 16.5. The molecule has 7 nitrogen and oxygen atoms in total. The molecule has 0 aliphatic carbocycles. The first kappa shape index (κ1) is 18.5. The van der Waals surface area contributed by atoms with E-state index in [1.807, 2.05) is 56.3 Å². The summed E-state index contributed by atoms with van der Waals surface area (Å²) in [6.07, 6.45) is 3.36. The molecule has 0 aliphatic heterocycles. The summed E-state index contributed by atoms with van der Waals surface area (Å²) in [5.41, 5.74) is 2.67. The van der Waals surface area contributed by atoms with E-state index in [0.29, 0.717) is 22.8 Å². The van der Waals surface area contributed by atoms with E-state index in [4.69, 9.17) is 4.74 Å². The third-order valence-electron chi connectivity index (χ3n) is 4.60. The number of aromatic nitrogens is 3. The van der Waals surface area contributed by atoms with Gasteiger partial charge < -0.3 is 20.4 Å². The van der Waals surface area contributed by atoms with Gasteiger partial charge in [0.05, 0.1) is 12.5 Å². The highest BCUT2D eigenvalue weighted by Crippen LogP contribution is 2.29. The number of nitrogens with one attached hydrogen (secondary N) is 3. The Bertz CT molecular complexity index is 1250. The number of nitrogens with zero attached hydrogens (tertiary/aromatic N) is 2. The minimum absolute atomic E-state index is 0.211. The van der Waals surface area contributed by atoms with Crippen LogP contribution in [0.3, 0.4) is 0 Å². The van der Waals surface area contributed by atoms with E-state index < -0.39 is 0 Å².